The van der Waals surface area contributed by atoms with Crippen molar-refractivity contribution in [2.75, 3.05) is 0 Å². The highest BCUT2D eigenvalue weighted by atomic mass is 16.1. The van der Waals surface area contributed by atoms with Gasteiger partial charge in [-0.1, -0.05) is 31.1 Å². The Morgan fingerprint density at radius 2 is 1.62 bits per heavy atom. The van der Waals surface area contributed by atoms with E-state index in [-0.39, 0.29) is 0 Å². The number of hydrogen-bond acceptors (Lipinski definition) is 1. The van der Waals surface area contributed by atoms with Crippen molar-refractivity contribution in [2.45, 2.75) is 45.4 Å². The van der Waals surface area contributed by atoms with Crippen LogP contribution in [-0.2, 0) is 4.79 Å². The molecule has 0 saturated heterocycles. The number of carbonyl (C=O) groups excluding carboxylic acids is 1. The SMILES string of the molecule is C/C=C/CCCCCC/C=C/[C]=O. The zero-order valence-corrected chi connectivity index (χ0v) is 8.46. The molecule has 0 aromatic heterocycles. The second-order valence-electron chi connectivity index (χ2n) is 3.08. The molecule has 0 unspecified atom stereocenters. The van der Waals surface area contributed by atoms with Crippen LogP contribution in [-0.4, -0.2) is 6.29 Å². The maximum Gasteiger partial charge on any atom is 0.225 e. The van der Waals surface area contributed by atoms with Gasteiger partial charge >= 0.3 is 0 Å². The highest BCUT2D eigenvalue weighted by Crippen LogP contribution is 2.05. The monoisotopic (exact) mass is 179 g/mol. The second kappa shape index (κ2) is 11.2. The summed E-state index contributed by atoms with van der Waals surface area (Å²) in [5.74, 6) is 0. The maximum absolute atomic E-state index is 9.79. The molecule has 1 radical (unpaired) electrons. The van der Waals surface area contributed by atoms with Gasteiger partial charge in [-0.15, -0.1) is 0 Å². The minimum Gasteiger partial charge on any atom is -0.286 e. The third kappa shape index (κ3) is 11.1. The van der Waals surface area contributed by atoms with Crippen LogP contribution in [0.3, 0.4) is 0 Å². The van der Waals surface area contributed by atoms with Gasteiger partial charge in [0.2, 0.25) is 6.29 Å². The molecule has 0 bridgehead atoms. The molecule has 0 saturated carbocycles. The van der Waals surface area contributed by atoms with Crippen LogP contribution in [0.1, 0.15) is 45.4 Å². The van der Waals surface area contributed by atoms with E-state index in [1.807, 2.05) is 6.08 Å². The van der Waals surface area contributed by atoms with E-state index in [4.69, 9.17) is 0 Å². The molecule has 0 aliphatic heterocycles. The molecule has 1 heteroatoms. The molecule has 0 amide bonds. The Kier molecular flexibility index (Phi) is 10.4. The van der Waals surface area contributed by atoms with Crippen molar-refractivity contribution in [3.8, 4) is 0 Å². The normalized spacial score (nSPS) is 11.5. The van der Waals surface area contributed by atoms with E-state index in [1.165, 1.54) is 38.2 Å². The highest BCUT2D eigenvalue weighted by molar-refractivity contribution is 5.65. The van der Waals surface area contributed by atoms with Gasteiger partial charge in [0.05, 0.1) is 0 Å². The molecule has 1 nitrogen and oxygen atoms in total. The average Bonchev–Trinajstić information content (AvgIpc) is 2.16. The molecule has 0 heterocycles. The maximum atomic E-state index is 9.79. The number of hydrogen-bond donors (Lipinski definition) is 0. The van der Waals surface area contributed by atoms with Crippen molar-refractivity contribution in [1.29, 1.82) is 0 Å². The third-order valence-corrected chi connectivity index (χ3v) is 1.91. The molecule has 0 atom stereocenters. The van der Waals surface area contributed by atoms with E-state index in [2.05, 4.69) is 19.1 Å². The van der Waals surface area contributed by atoms with E-state index < -0.39 is 0 Å². The first-order valence-electron chi connectivity index (χ1n) is 5.05. The summed E-state index contributed by atoms with van der Waals surface area (Å²) >= 11 is 0. The minimum atomic E-state index is 1.01. The Morgan fingerprint density at radius 1 is 1.00 bits per heavy atom. The Balaban J connectivity index is 2.99. The van der Waals surface area contributed by atoms with Gasteiger partial charge in [-0.05, 0) is 38.7 Å². The van der Waals surface area contributed by atoms with Crippen molar-refractivity contribution in [2.24, 2.45) is 0 Å². The van der Waals surface area contributed by atoms with E-state index in [0.29, 0.717) is 0 Å². The van der Waals surface area contributed by atoms with Gasteiger partial charge < -0.3 is 0 Å². The molecule has 0 spiro atoms. The van der Waals surface area contributed by atoms with Crippen LogP contribution in [0.4, 0.5) is 0 Å². The van der Waals surface area contributed by atoms with Crippen molar-refractivity contribution < 1.29 is 4.79 Å². The topological polar surface area (TPSA) is 17.1 Å². The van der Waals surface area contributed by atoms with Crippen LogP contribution in [0, 0.1) is 0 Å². The van der Waals surface area contributed by atoms with Crippen LogP contribution >= 0.6 is 0 Å². The molecule has 0 rings (SSSR count). The fourth-order valence-electron chi connectivity index (χ4n) is 1.18. The quantitative estimate of drug-likeness (QED) is 0.316. The Morgan fingerprint density at radius 3 is 2.15 bits per heavy atom. The molecule has 0 aromatic carbocycles. The fraction of sp³-hybridized carbons (Fsp3) is 0.583. The van der Waals surface area contributed by atoms with Gasteiger partial charge in [-0.25, -0.2) is 0 Å². The predicted octanol–water partition coefficient (Wildman–Crippen LogP) is 3.57. The van der Waals surface area contributed by atoms with Gasteiger partial charge in [0.15, 0.2) is 0 Å². The molecule has 0 N–H and O–H groups in total. The Bertz CT molecular complexity index is 157. The zero-order chi connectivity index (χ0) is 9.78. The first-order chi connectivity index (χ1) is 6.41. The largest absolute Gasteiger partial charge is 0.286 e. The lowest BCUT2D eigenvalue weighted by atomic mass is 10.1. The van der Waals surface area contributed by atoms with Crippen LogP contribution < -0.4 is 0 Å². The standard InChI is InChI=1S/C12H19O/c1-2-3-4-5-6-7-8-9-10-11-12-13/h2-3,10-11H,4-9H2,1H3/b3-2+,11-10+. The summed E-state index contributed by atoms with van der Waals surface area (Å²) in [6.07, 6.45) is 16.7. The highest BCUT2D eigenvalue weighted by Gasteiger charge is 1.86. The summed E-state index contributed by atoms with van der Waals surface area (Å²) in [6, 6.07) is 0. The summed E-state index contributed by atoms with van der Waals surface area (Å²) in [4.78, 5) is 9.79. The van der Waals surface area contributed by atoms with E-state index in [1.54, 1.807) is 6.29 Å². The predicted molar refractivity (Wildman–Crippen MR) is 57.3 cm³/mol. The van der Waals surface area contributed by atoms with Crippen LogP contribution in [0.25, 0.3) is 0 Å². The van der Waals surface area contributed by atoms with Crippen molar-refractivity contribution in [3.05, 3.63) is 24.3 Å². The molecule has 0 aliphatic carbocycles. The first-order valence-corrected chi connectivity index (χ1v) is 5.05. The van der Waals surface area contributed by atoms with Crippen LogP contribution in [0.2, 0.25) is 0 Å². The summed E-state index contributed by atoms with van der Waals surface area (Å²) < 4.78 is 0. The lowest BCUT2D eigenvalue weighted by Gasteiger charge is -1.95. The minimum absolute atomic E-state index is 1.01. The Labute approximate surface area is 81.5 Å². The zero-order valence-electron chi connectivity index (χ0n) is 8.46. The third-order valence-electron chi connectivity index (χ3n) is 1.91. The second-order valence-corrected chi connectivity index (χ2v) is 3.08. The molecule has 0 aliphatic rings. The van der Waals surface area contributed by atoms with Gasteiger partial charge in [0, 0.05) is 0 Å². The smallest absolute Gasteiger partial charge is 0.225 e. The van der Waals surface area contributed by atoms with Gasteiger partial charge in [-0.3, -0.25) is 4.79 Å². The lowest BCUT2D eigenvalue weighted by Crippen LogP contribution is -1.76. The summed E-state index contributed by atoms with van der Waals surface area (Å²) in [5.41, 5.74) is 0. The van der Waals surface area contributed by atoms with E-state index in [0.717, 1.165) is 6.42 Å². The number of allylic oxidation sites excluding steroid dienone is 4. The fourth-order valence-corrected chi connectivity index (χ4v) is 1.18. The van der Waals surface area contributed by atoms with Gasteiger partial charge in [-0.2, -0.15) is 0 Å². The molecular formula is C12H19O. The molecular weight excluding hydrogens is 160 g/mol. The number of unbranched alkanes of at least 4 members (excludes halogenated alkanes) is 5. The Hall–Kier alpha value is -0.850. The van der Waals surface area contributed by atoms with Crippen LogP contribution in [0.15, 0.2) is 24.3 Å². The molecule has 13 heavy (non-hydrogen) atoms. The summed E-state index contributed by atoms with van der Waals surface area (Å²) in [6.45, 7) is 2.06. The average molecular weight is 179 g/mol. The van der Waals surface area contributed by atoms with Crippen molar-refractivity contribution in [1.82, 2.24) is 0 Å². The molecule has 0 aromatic rings. The first kappa shape index (κ1) is 12.2. The number of rotatable bonds is 8. The van der Waals surface area contributed by atoms with Gasteiger partial charge in [0.25, 0.3) is 0 Å². The summed E-state index contributed by atoms with van der Waals surface area (Å²) in [7, 11) is 0. The van der Waals surface area contributed by atoms with E-state index in [9.17, 15) is 4.79 Å². The molecule has 0 fully saturated rings. The summed E-state index contributed by atoms with van der Waals surface area (Å²) in [5, 5.41) is 0. The van der Waals surface area contributed by atoms with E-state index >= 15 is 0 Å². The van der Waals surface area contributed by atoms with Crippen molar-refractivity contribution in [3.63, 3.8) is 0 Å². The lowest BCUT2D eigenvalue weighted by molar-refractivity contribution is 0.564. The van der Waals surface area contributed by atoms with Crippen molar-refractivity contribution >= 4 is 6.29 Å². The van der Waals surface area contributed by atoms with Gasteiger partial charge in [0.1, 0.15) is 0 Å². The molecule has 73 valence electrons. The van der Waals surface area contributed by atoms with Crippen LogP contribution in [0.5, 0.6) is 0 Å².